The van der Waals surface area contributed by atoms with Gasteiger partial charge in [0.1, 0.15) is 24.2 Å². The molecule has 0 atom stereocenters. The van der Waals surface area contributed by atoms with Crippen molar-refractivity contribution in [2.24, 2.45) is 0 Å². The molecular weight excluding hydrogens is 1600 g/mol. The van der Waals surface area contributed by atoms with Gasteiger partial charge in [-0.1, -0.05) is 434 Å². The molecule has 26 rings (SSSR count). The third kappa shape index (κ3) is 12.0. The lowest BCUT2D eigenvalue weighted by Gasteiger charge is -2.23. The molecule has 0 radical (unpaired) electrons. The Morgan fingerprint density at radius 3 is 0.915 bits per heavy atom. The zero-order chi connectivity index (χ0) is 87.3. The van der Waals surface area contributed by atoms with E-state index in [-0.39, 0.29) is 5.41 Å². The first-order valence-corrected chi connectivity index (χ1v) is 55.0. The maximum Gasteiger partial charge on any atom is 0.113 e. The monoisotopic (exact) mass is 1690 g/mol. The van der Waals surface area contributed by atoms with Crippen molar-refractivity contribution >= 4 is 152 Å². The molecule has 0 saturated heterocycles. The van der Waals surface area contributed by atoms with Crippen LogP contribution < -0.4 is 31.1 Å². The SMILES string of the molecule is Cc1ccc2c(-c3cc4ccccc4c4ccccc34)c3ccccc3c(-c3ccc4c(c3)-c3ccccc3[Si]4(C)C)c2c1.Cc1ccc2c(-c3ccc4c(c3)C(C)(C)c3ccccc3-4)c3ccccc3c(-c3ccc4c(c3)-c3ccccc3[Si]4(C)C)c2c1.Cc1ccc2c(-c3cccc4ccccc34)c3ccccc3c(-c3ccc4c(c3)-c3ccccc3[Si]4(C)C)c2c1. The van der Waals surface area contributed by atoms with Crippen molar-refractivity contribution in [3.63, 3.8) is 0 Å². The smallest absolute Gasteiger partial charge is 0.0623 e. The Balaban J connectivity index is 0.000000108. The van der Waals surface area contributed by atoms with E-state index in [0.29, 0.717) is 0 Å². The quantitative estimate of drug-likeness (QED) is 0.0884. The van der Waals surface area contributed by atoms with Gasteiger partial charge in [0.05, 0.1) is 0 Å². The molecule has 129 heavy (non-hydrogen) atoms. The topological polar surface area (TPSA) is 0 Å². The molecule has 3 heteroatoms. The highest BCUT2D eigenvalue weighted by molar-refractivity contribution is 7.05. The first-order valence-electron chi connectivity index (χ1n) is 46.0. The summed E-state index contributed by atoms with van der Waals surface area (Å²) in [6, 6.07) is 149. The number of fused-ring (bicyclic) bond motifs is 22. The molecule has 0 fully saturated rings. The van der Waals surface area contributed by atoms with E-state index in [0.717, 1.165) is 0 Å². The van der Waals surface area contributed by atoms with Gasteiger partial charge in [-0.2, -0.15) is 0 Å². The highest BCUT2D eigenvalue weighted by Crippen LogP contribution is 2.55. The number of benzene rings is 22. The van der Waals surface area contributed by atoms with Crippen LogP contribution in [0.1, 0.15) is 41.7 Å². The van der Waals surface area contributed by atoms with Crippen LogP contribution in [0.5, 0.6) is 0 Å². The second-order valence-electron chi connectivity index (χ2n) is 39.0. The molecule has 0 N–H and O–H groups in total. The largest absolute Gasteiger partial charge is 0.113 e. The van der Waals surface area contributed by atoms with E-state index >= 15 is 0 Å². The minimum absolute atomic E-state index is 0.0398. The van der Waals surface area contributed by atoms with E-state index in [2.05, 4.69) is 468 Å². The third-order valence-electron chi connectivity index (χ3n) is 30.1. The van der Waals surface area contributed by atoms with E-state index in [9.17, 15) is 0 Å². The van der Waals surface area contributed by atoms with Gasteiger partial charge in [-0.3, -0.25) is 0 Å². The lowest BCUT2D eigenvalue weighted by molar-refractivity contribution is 0.660. The van der Waals surface area contributed by atoms with Crippen LogP contribution in [0.25, 0.3) is 208 Å². The Kier molecular flexibility index (Phi) is 17.9. The number of hydrogen-bond acceptors (Lipinski definition) is 0. The van der Waals surface area contributed by atoms with Crippen LogP contribution in [0.15, 0.2) is 394 Å². The molecule has 614 valence electrons. The second-order valence-corrected chi connectivity index (χ2v) is 52.0. The van der Waals surface area contributed by atoms with E-state index in [1.165, 1.54) is 236 Å². The van der Waals surface area contributed by atoms with Gasteiger partial charge in [0, 0.05) is 5.41 Å². The van der Waals surface area contributed by atoms with Gasteiger partial charge >= 0.3 is 0 Å². The summed E-state index contributed by atoms with van der Waals surface area (Å²) < 4.78 is 0. The summed E-state index contributed by atoms with van der Waals surface area (Å²) in [5.74, 6) is 0. The van der Waals surface area contributed by atoms with Gasteiger partial charge < -0.3 is 0 Å². The van der Waals surface area contributed by atoms with Crippen LogP contribution in [0.2, 0.25) is 39.3 Å². The summed E-state index contributed by atoms with van der Waals surface area (Å²) >= 11 is 0. The molecule has 0 bridgehead atoms. The van der Waals surface area contributed by atoms with Crippen LogP contribution >= 0.6 is 0 Å². The van der Waals surface area contributed by atoms with Gasteiger partial charge in [0.15, 0.2) is 0 Å². The second kappa shape index (κ2) is 29.4. The summed E-state index contributed by atoms with van der Waals surface area (Å²) in [6.07, 6.45) is 0. The number of hydrogen-bond donors (Lipinski definition) is 0. The summed E-state index contributed by atoms with van der Waals surface area (Å²) in [4.78, 5) is 0. The van der Waals surface area contributed by atoms with Gasteiger partial charge in [0.25, 0.3) is 0 Å². The fraction of sp³-hybridized carbons (Fsp3) is 0.0952. The van der Waals surface area contributed by atoms with Crippen molar-refractivity contribution in [1.29, 1.82) is 0 Å². The fourth-order valence-electron chi connectivity index (χ4n) is 23.9. The van der Waals surface area contributed by atoms with E-state index < -0.39 is 24.2 Å². The molecule has 0 unspecified atom stereocenters. The van der Waals surface area contributed by atoms with Crippen LogP contribution in [-0.2, 0) is 5.41 Å². The van der Waals surface area contributed by atoms with Gasteiger partial charge in [0.2, 0.25) is 0 Å². The van der Waals surface area contributed by atoms with Gasteiger partial charge in [-0.25, -0.2) is 0 Å². The van der Waals surface area contributed by atoms with Crippen molar-refractivity contribution in [2.45, 2.75) is 79.3 Å². The Morgan fingerprint density at radius 1 is 0.163 bits per heavy atom. The molecule has 0 nitrogen and oxygen atoms in total. The fourth-order valence-corrected chi connectivity index (χ4v) is 33.1. The van der Waals surface area contributed by atoms with Gasteiger partial charge in [-0.15, -0.1) is 0 Å². The van der Waals surface area contributed by atoms with Crippen molar-refractivity contribution in [2.75, 3.05) is 0 Å². The maximum absolute atomic E-state index is 2.50. The Bertz CT molecular complexity index is 8590. The third-order valence-corrected chi connectivity index (χ3v) is 40.8. The average Bonchev–Trinajstić information content (AvgIpc) is 1.55. The predicted octanol–water partition coefficient (Wildman–Crippen LogP) is 31.1. The molecule has 3 aliphatic heterocycles. The standard InChI is InChI=1S/C44H36Si.C43H32Si.C39H30Si/c1-27-18-21-35-37(24-27)43(28-20-23-41-36(25-28)32-13-9-11-17-40(32)45(41,4)5)34-15-7-6-14-33(34)42(35)29-19-22-31-30-12-8-10-16-38(30)44(2,3)39(31)26-29;1-27-20-22-36-38(24-27)42(29-21-23-41-37(26-29)33-16-10-11-19-40(33)44(41,2)3)34-17-8-9-18-35(34)43(36)39-25-28-12-4-5-13-30(28)31-14-6-7-15-32(31)39;1-25-19-21-33-35(23-25)38(27-20-22-37-34(24-27)29-14-8-9-18-36(29)40(37,2)3)31-15-6-7-16-32(31)39(33)30-17-10-12-26-11-4-5-13-28(26)30/h6-26H,1-5H3;4-26H,1-3H3;4-24H,1-3H3. The van der Waals surface area contributed by atoms with Crippen molar-refractivity contribution in [3.8, 4) is 111 Å². The number of aryl methyl sites for hydroxylation is 3. The molecule has 22 aromatic rings. The van der Waals surface area contributed by atoms with E-state index in [4.69, 9.17) is 0 Å². The summed E-state index contributed by atoms with van der Waals surface area (Å²) in [5, 5.41) is 32.8. The van der Waals surface area contributed by atoms with Crippen molar-refractivity contribution in [1.82, 2.24) is 0 Å². The van der Waals surface area contributed by atoms with Crippen LogP contribution in [0.3, 0.4) is 0 Å². The van der Waals surface area contributed by atoms with Crippen LogP contribution in [-0.4, -0.2) is 24.2 Å². The summed E-state index contributed by atoms with van der Waals surface area (Å²) in [5.41, 5.74) is 33.7. The molecule has 0 spiro atoms. The maximum atomic E-state index is 2.50. The first kappa shape index (κ1) is 78.3. The zero-order valence-corrected chi connectivity index (χ0v) is 78.0. The van der Waals surface area contributed by atoms with E-state index in [1.54, 1.807) is 31.1 Å². The predicted molar refractivity (Wildman–Crippen MR) is 568 cm³/mol. The Labute approximate surface area is 759 Å². The molecule has 3 heterocycles. The summed E-state index contributed by atoms with van der Waals surface area (Å²) in [6.45, 7) is 26.4. The summed E-state index contributed by atoms with van der Waals surface area (Å²) in [7, 11) is -5.14. The molecule has 0 aromatic heterocycles. The lowest BCUT2D eigenvalue weighted by atomic mass is 9.80. The van der Waals surface area contributed by atoms with Crippen LogP contribution in [0, 0.1) is 20.8 Å². The molecule has 0 saturated carbocycles. The Hall–Kier alpha value is -14.2. The normalized spacial score (nSPS) is 14.1. The highest BCUT2D eigenvalue weighted by atomic mass is 28.3. The molecular formula is C126H98Si3. The average molecular weight is 1700 g/mol. The van der Waals surface area contributed by atoms with E-state index in [1.807, 2.05) is 0 Å². The molecule has 4 aliphatic rings. The van der Waals surface area contributed by atoms with Crippen molar-refractivity contribution < 1.29 is 0 Å². The molecule has 22 aromatic carbocycles. The van der Waals surface area contributed by atoms with Crippen LogP contribution in [0.4, 0.5) is 0 Å². The van der Waals surface area contributed by atoms with Gasteiger partial charge in [-0.05, 0) is 302 Å². The first-order chi connectivity index (χ1) is 62.8. The Morgan fingerprint density at radius 2 is 0.457 bits per heavy atom. The molecule has 1 aliphatic carbocycles. The minimum atomic E-state index is -1.72. The number of rotatable bonds is 6. The highest BCUT2D eigenvalue weighted by Gasteiger charge is 2.42. The zero-order valence-electron chi connectivity index (χ0n) is 75.0. The minimum Gasteiger partial charge on any atom is -0.0623 e. The lowest BCUT2D eigenvalue weighted by Crippen LogP contribution is -2.49. The van der Waals surface area contributed by atoms with Crippen molar-refractivity contribution in [3.05, 3.63) is 422 Å². The molecule has 0 amide bonds.